The molecule has 0 bridgehead atoms. The van der Waals surface area contributed by atoms with Gasteiger partial charge in [-0.3, -0.25) is 0 Å². The van der Waals surface area contributed by atoms with Crippen LogP contribution in [0.2, 0.25) is 5.15 Å². The minimum atomic E-state index is 0.272. The van der Waals surface area contributed by atoms with E-state index in [4.69, 9.17) is 16.3 Å². The number of methoxy groups -OCH3 is 1. The predicted molar refractivity (Wildman–Crippen MR) is 67.7 cm³/mol. The van der Waals surface area contributed by atoms with Crippen molar-refractivity contribution in [2.45, 2.75) is 13.5 Å². The maximum Gasteiger partial charge on any atom is 0.198 e. The fraction of sp³-hybridized carbons (Fsp3) is 0.273. The number of anilines is 1. The topological polar surface area (TPSA) is 72.8 Å². The average molecular weight is 266 g/mol. The van der Waals surface area contributed by atoms with Crippen LogP contribution in [0.5, 0.6) is 5.75 Å². The van der Waals surface area contributed by atoms with Crippen molar-refractivity contribution < 1.29 is 4.74 Å². The summed E-state index contributed by atoms with van der Waals surface area (Å²) in [5, 5.41) is 3.37. The lowest BCUT2D eigenvalue weighted by molar-refractivity contribution is 0.413. The lowest BCUT2D eigenvalue weighted by atomic mass is 10.4. The van der Waals surface area contributed by atoms with Gasteiger partial charge in [-0.05, 0) is 13.0 Å². The molecule has 2 aromatic rings. The molecule has 0 unspecified atom stereocenters. The molecule has 18 heavy (non-hydrogen) atoms. The third-order valence-corrected chi connectivity index (χ3v) is 2.50. The second kappa shape index (κ2) is 5.59. The van der Waals surface area contributed by atoms with E-state index >= 15 is 0 Å². The summed E-state index contributed by atoms with van der Waals surface area (Å²) in [7, 11) is 1.52. The van der Waals surface area contributed by atoms with E-state index < -0.39 is 0 Å². The van der Waals surface area contributed by atoms with Gasteiger partial charge < -0.3 is 10.1 Å². The van der Waals surface area contributed by atoms with Crippen molar-refractivity contribution in [3.05, 3.63) is 35.3 Å². The molecule has 0 spiro atoms. The number of nitrogens with one attached hydrogen (secondary N) is 1. The Balaban J connectivity index is 2.13. The van der Waals surface area contributed by atoms with Crippen LogP contribution in [-0.4, -0.2) is 27.0 Å². The summed E-state index contributed by atoms with van der Waals surface area (Å²) < 4.78 is 5.14. The molecule has 0 radical (unpaired) electrons. The molecule has 0 saturated carbocycles. The molecule has 0 amide bonds. The van der Waals surface area contributed by atoms with E-state index in [1.165, 1.54) is 13.4 Å². The van der Waals surface area contributed by atoms with Crippen molar-refractivity contribution >= 4 is 17.4 Å². The normalized spacial score (nSPS) is 10.2. The van der Waals surface area contributed by atoms with Gasteiger partial charge in [-0.25, -0.2) is 19.9 Å². The first kappa shape index (κ1) is 12.5. The highest BCUT2D eigenvalue weighted by Crippen LogP contribution is 2.28. The average Bonchev–Trinajstić information content (AvgIpc) is 2.36. The molecular weight excluding hydrogens is 254 g/mol. The Morgan fingerprint density at radius 2 is 2.17 bits per heavy atom. The van der Waals surface area contributed by atoms with Crippen molar-refractivity contribution in [3.63, 3.8) is 0 Å². The van der Waals surface area contributed by atoms with Crippen molar-refractivity contribution in [3.8, 4) is 5.75 Å². The van der Waals surface area contributed by atoms with Gasteiger partial charge >= 0.3 is 0 Å². The molecule has 0 aromatic carbocycles. The van der Waals surface area contributed by atoms with Crippen LogP contribution >= 0.6 is 11.6 Å². The zero-order chi connectivity index (χ0) is 13.0. The highest BCUT2D eigenvalue weighted by Gasteiger charge is 2.09. The number of nitrogens with zero attached hydrogens (tertiary/aromatic N) is 4. The van der Waals surface area contributed by atoms with Gasteiger partial charge in [0.15, 0.2) is 16.7 Å². The van der Waals surface area contributed by atoms with E-state index in [9.17, 15) is 0 Å². The Bertz CT molecular complexity index is 549. The molecule has 2 aromatic heterocycles. The third-order valence-electron chi connectivity index (χ3n) is 2.24. The number of aromatic nitrogens is 4. The lowest BCUT2D eigenvalue weighted by Crippen LogP contribution is -2.06. The summed E-state index contributed by atoms with van der Waals surface area (Å²) in [6, 6.07) is 1.83. The van der Waals surface area contributed by atoms with Crippen LogP contribution in [0.1, 0.15) is 11.5 Å². The van der Waals surface area contributed by atoms with E-state index in [1.807, 2.05) is 13.0 Å². The molecule has 0 fully saturated rings. The number of ether oxygens (including phenoxy) is 1. The summed E-state index contributed by atoms with van der Waals surface area (Å²) >= 11 is 5.89. The maximum atomic E-state index is 5.89. The first-order valence-electron chi connectivity index (χ1n) is 5.27. The van der Waals surface area contributed by atoms with Crippen LogP contribution < -0.4 is 10.1 Å². The summed E-state index contributed by atoms with van der Waals surface area (Å²) in [5.41, 5.74) is 0.860. The maximum absolute atomic E-state index is 5.89. The minimum Gasteiger partial charge on any atom is -0.490 e. The predicted octanol–water partition coefficient (Wildman–Crippen LogP) is 1.85. The van der Waals surface area contributed by atoms with Crippen LogP contribution in [0.25, 0.3) is 0 Å². The standard InChI is InChI=1S/C11H12ClN5O/c1-7-13-4-3-8(17-7)5-14-11-9(18-2)10(12)15-6-16-11/h3-4,6H,5H2,1-2H3,(H,14,15,16). The molecule has 0 aliphatic rings. The van der Waals surface area contributed by atoms with Gasteiger partial charge in [-0.2, -0.15) is 0 Å². The van der Waals surface area contributed by atoms with E-state index in [0.717, 1.165) is 11.5 Å². The molecule has 7 heteroatoms. The number of hydrogen-bond donors (Lipinski definition) is 1. The molecule has 0 saturated heterocycles. The summed E-state index contributed by atoms with van der Waals surface area (Å²) in [5.74, 6) is 1.68. The summed E-state index contributed by atoms with van der Waals surface area (Å²) in [6.07, 6.45) is 3.09. The lowest BCUT2D eigenvalue weighted by Gasteiger charge is -2.10. The number of hydrogen-bond acceptors (Lipinski definition) is 6. The monoisotopic (exact) mass is 265 g/mol. The van der Waals surface area contributed by atoms with Crippen molar-refractivity contribution in [1.29, 1.82) is 0 Å². The smallest absolute Gasteiger partial charge is 0.198 e. The first-order chi connectivity index (χ1) is 8.70. The highest BCUT2D eigenvalue weighted by molar-refractivity contribution is 6.31. The molecule has 0 aliphatic carbocycles. The fourth-order valence-corrected chi connectivity index (χ4v) is 1.65. The Kier molecular flexibility index (Phi) is 3.88. The van der Waals surface area contributed by atoms with Gasteiger partial charge in [-0.15, -0.1) is 0 Å². The largest absolute Gasteiger partial charge is 0.490 e. The number of aryl methyl sites for hydroxylation is 1. The molecule has 1 N–H and O–H groups in total. The number of halogens is 1. The first-order valence-corrected chi connectivity index (χ1v) is 5.65. The van der Waals surface area contributed by atoms with Crippen LogP contribution in [-0.2, 0) is 6.54 Å². The molecule has 94 valence electrons. The van der Waals surface area contributed by atoms with Gasteiger partial charge in [0, 0.05) is 6.20 Å². The second-order valence-corrected chi connectivity index (χ2v) is 3.85. The van der Waals surface area contributed by atoms with Crippen LogP contribution in [0.15, 0.2) is 18.6 Å². The zero-order valence-electron chi connectivity index (χ0n) is 10.0. The SMILES string of the molecule is COc1c(Cl)ncnc1NCc1ccnc(C)n1. The van der Waals surface area contributed by atoms with E-state index in [0.29, 0.717) is 18.1 Å². The van der Waals surface area contributed by atoms with E-state index in [-0.39, 0.29) is 5.15 Å². The Labute approximate surface area is 109 Å². The van der Waals surface area contributed by atoms with Gasteiger partial charge in [-0.1, -0.05) is 11.6 Å². The number of rotatable bonds is 4. The quantitative estimate of drug-likeness (QED) is 0.851. The van der Waals surface area contributed by atoms with E-state index in [1.54, 1.807) is 6.20 Å². The third kappa shape index (κ3) is 2.84. The van der Waals surface area contributed by atoms with Gasteiger partial charge in [0.1, 0.15) is 12.2 Å². The molecule has 6 nitrogen and oxygen atoms in total. The summed E-state index contributed by atoms with van der Waals surface area (Å²) in [4.78, 5) is 16.2. The van der Waals surface area contributed by atoms with Gasteiger partial charge in [0.2, 0.25) is 0 Å². The Morgan fingerprint density at radius 3 is 2.89 bits per heavy atom. The zero-order valence-corrected chi connectivity index (χ0v) is 10.8. The van der Waals surface area contributed by atoms with Gasteiger partial charge in [0.05, 0.1) is 19.3 Å². The Morgan fingerprint density at radius 1 is 1.33 bits per heavy atom. The van der Waals surface area contributed by atoms with Gasteiger partial charge in [0.25, 0.3) is 0 Å². The summed E-state index contributed by atoms with van der Waals surface area (Å²) in [6.45, 7) is 2.35. The second-order valence-electron chi connectivity index (χ2n) is 3.50. The van der Waals surface area contributed by atoms with Crippen molar-refractivity contribution in [2.75, 3.05) is 12.4 Å². The Hall–Kier alpha value is -1.95. The molecule has 0 aliphatic heterocycles. The molecular formula is C11H12ClN5O. The van der Waals surface area contributed by atoms with Crippen molar-refractivity contribution in [1.82, 2.24) is 19.9 Å². The van der Waals surface area contributed by atoms with Crippen LogP contribution in [0.4, 0.5) is 5.82 Å². The van der Waals surface area contributed by atoms with Crippen LogP contribution in [0.3, 0.4) is 0 Å². The van der Waals surface area contributed by atoms with E-state index in [2.05, 4.69) is 25.3 Å². The molecule has 2 rings (SSSR count). The van der Waals surface area contributed by atoms with Crippen molar-refractivity contribution in [2.24, 2.45) is 0 Å². The molecule has 0 atom stereocenters. The highest BCUT2D eigenvalue weighted by atomic mass is 35.5. The minimum absolute atomic E-state index is 0.272. The van der Waals surface area contributed by atoms with Crippen LogP contribution in [0, 0.1) is 6.92 Å². The molecule has 2 heterocycles. The fourth-order valence-electron chi connectivity index (χ4n) is 1.44.